The third kappa shape index (κ3) is 5.41. The minimum atomic E-state index is -1.34. The second-order valence-corrected chi connectivity index (χ2v) is 7.06. The van der Waals surface area contributed by atoms with Gasteiger partial charge in [-0.1, -0.05) is 36.4 Å². The molecule has 0 aliphatic carbocycles. The lowest BCUT2D eigenvalue weighted by Crippen LogP contribution is -2.27. The number of hydrogen-bond donors (Lipinski definition) is 2. The average molecular weight is 503 g/mol. The van der Waals surface area contributed by atoms with E-state index in [1.807, 2.05) is 24.3 Å². The lowest BCUT2D eigenvalue weighted by atomic mass is 10.1. The first kappa shape index (κ1) is 20.5. The zero-order chi connectivity index (χ0) is 20.8. The minimum Gasteiger partial charge on any atom is -0.477 e. The highest BCUT2D eigenvalue weighted by molar-refractivity contribution is 14.1. The molecule has 1 amide bonds. The van der Waals surface area contributed by atoms with Crippen molar-refractivity contribution in [2.45, 2.75) is 0 Å². The van der Waals surface area contributed by atoms with Crippen molar-refractivity contribution in [3.05, 3.63) is 99.0 Å². The molecule has 29 heavy (non-hydrogen) atoms. The third-order valence-electron chi connectivity index (χ3n) is 3.85. The summed E-state index contributed by atoms with van der Waals surface area (Å²) in [5, 5.41) is 11.6. The Morgan fingerprint density at radius 3 is 2.28 bits per heavy atom. The van der Waals surface area contributed by atoms with Crippen LogP contribution in [0.15, 0.2) is 78.5 Å². The van der Waals surface area contributed by atoms with Gasteiger partial charge < -0.3 is 15.2 Å². The van der Waals surface area contributed by atoms with Crippen LogP contribution in [0.3, 0.4) is 0 Å². The second kappa shape index (κ2) is 9.33. The molecule has 5 nitrogen and oxygen atoms in total. The molecule has 0 atom stereocenters. The minimum absolute atomic E-state index is 0.235. The molecule has 0 aliphatic rings. The summed E-state index contributed by atoms with van der Waals surface area (Å²) in [5.74, 6) is -1.62. The fraction of sp³-hybridized carbons (Fsp3) is 0. The number of amides is 1. The van der Waals surface area contributed by atoms with Gasteiger partial charge in [0.05, 0.1) is 9.13 Å². The van der Waals surface area contributed by atoms with Crippen LogP contribution in [0.2, 0.25) is 0 Å². The zero-order valence-corrected chi connectivity index (χ0v) is 17.1. The van der Waals surface area contributed by atoms with Crippen molar-refractivity contribution in [1.82, 2.24) is 5.32 Å². The number of carbonyl (C=O) groups excluding carboxylic acids is 1. The molecule has 0 aliphatic heterocycles. The molecule has 0 heterocycles. The summed E-state index contributed by atoms with van der Waals surface area (Å²) in [6, 6.07) is 19.6. The number of hydrogen-bond acceptors (Lipinski definition) is 3. The lowest BCUT2D eigenvalue weighted by Gasteiger charge is -2.09. The molecule has 0 saturated carbocycles. The number of nitrogens with one attached hydrogen (secondary N) is 1. The van der Waals surface area contributed by atoms with Crippen molar-refractivity contribution < 1.29 is 23.8 Å². The number of benzene rings is 3. The first-order chi connectivity index (χ1) is 13.9. The molecule has 7 heteroatoms. The molecule has 146 valence electrons. The molecule has 0 fully saturated rings. The van der Waals surface area contributed by atoms with Crippen molar-refractivity contribution in [1.29, 1.82) is 0 Å². The van der Waals surface area contributed by atoms with Crippen LogP contribution in [0.5, 0.6) is 11.5 Å². The van der Waals surface area contributed by atoms with Gasteiger partial charge in [-0.2, -0.15) is 0 Å². The third-order valence-corrected chi connectivity index (χ3v) is 4.74. The van der Waals surface area contributed by atoms with E-state index in [0.717, 1.165) is 9.64 Å². The Hall–Kier alpha value is -3.20. The van der Waals surface area contributed by atoms with E-state index in [1.54, 1.807) is 24.3 Å². The number of ether oxygens (including phenoxy) is 1. The first-order valence-corrected chi connectivity index (χ1v) is 9.55. The molecule has 3 aromatic carbocycles. The zero-order valence-electron chi connectivity index (χ0n) is 14.9. The fourth-order valence-corrected chi connectivity index (χ4v) is 2.94. The van der Waals surface area contributed by atoms with E-state index in [1.165, 1.54) is 24.3 Å². The normalized spacial score (nSPS) is 11.0. The number of rotatable bonds is 6. The average Bonchev–Trinajstić information content (AvgIpc) is 2.70. The van der Waals surface area contributed by atoms with Crippen LogP contribution in [0.1, 0.15) is 15.9 Å². The monoisotopic (exact) mass is 503 g/mol. The number of carboxylic acids is 1. The maximum Gasteiger partial charge on any atom is 0.352 e. The Bertz CT molecular complexity index is 1080. The van der Waals surface area contributed by atoms with E-state index in [9.17, 15) is 19.1 Å². The topological polar surface area (TPSA) is 75.6 Å². The summed E-state index contributed by atoms with van der Waals surface area (Å²) in [5.41, 5.74) is -0.0725. The van der Waals surface area contributed by atoms with Crippen LogP contribution in [0.25, 0.3) is 6.08 Å². The summed E-state index contributed by atoms with van der Waals surface area (Å²) < 4.78 is 20.5. The second-order valence-electron chi connectivity index (χ2n) is 5.90. The summed E-state index contributed by atoms with van der Waals surface area (Å²) in [6.45, 7) is 0. The van der Waals surface area contributed by atoms with Gasteiger partial charge in [0.15, 0.2) is 0 Å². The smallest absolute Gasteiger partial charge is 0.352 e. The maximum atomic E-state index is 13.7. The molecule has 2 N–H and O–H groups in total. The molecule has 0 aromatic heterocycles. The van der Waals surface area contributed by atoms with Crippen LogP contribution in [-0.4, -0.2) is 17.0 Å². The number of carbonyl (C=O) groups is 2. The van der Waals surface area contributed by atoms with E-state index in [0.29, 0.717) is 17.1 Å². The van der Waals surface area contributed by atoms with Gasteiger partial charge in [-0.25, -0.2) is 9.18 Å². The van der Waals surface area contributed by atoms with Gasteiger partial charge in [0.2, 0.25) is 0 Å². The van der Waals surface area contributed by atoms with Gasteiger partial charge in [-0.05, 0) is 70.6 Å². The summed E-state index contributed by atoms with van der Waals surface area (Å²) in [4.78, 5) is 23.7. The molecule has 3 aromatic rings. The molecule has 0 unspecified atom stereocenters. The number of halogens is 2. The summed E-state index contributed by atoms with van der Waals surface area (Å²) in [7, 11) is 0. The van der Waals surface area contributed by atoms with Gasteiger partial charge in [0.25, 0.3) is 5.91 Å². The van der Waals surface area contributed by atoms with Crippen LogP contribution in [0.4, 0.5) is 4.39 Å². The largest absolute Gasteiger partial charge is 0.477 e. The van der Waals surface area contributed by atoms with E-state index < -0.39 is 17.7 Å². The fourth-order valence-electron chi connectivity index (χ4n) is 2.44. The summed E-state index contributed by atoms with van der Waals surface area (Å²) >= 11 is 2.17. The predicted molar refractivity (Wildman–Crippen MR) is 115 cm³/mol. The van der Waals surface area contributed by atoms with Crippen molar-refractivity contribution in [2.75, 3.05) is 0 Å². The molecule has 0 saturated heterocycles. The Morgan fingerprint density at radius 2 is 1.62 bits per heavy atom. The van der Waals surface area contributed by atoms with Crippen LogP contribution < -0.4 is 10.1 Å². The summed E-state index contributed by atoms with van der Waals surface area (Å²) in [6.07, 6.45) is 1.29. The highest BCUT2D eigenvalue weighted by atomic mass is 127. The van der Waals surface area contributed by atoms with Crippen LogP contribution in [-0.2, 0) is 4.79 Å². The number of aliphatic carboxylic acids is 1. The molecule has 0 radical (unpaired) electrons. The lowest BCUT2D eigenvalue weighted by molar-refractivity contribution is -0.132. The molecular formula is C22H15FINO4. The molecule has 0 spiro atoms. The standard InChI is InChI=1S/C22H15FINO4/c23-17-6-2-1-5-16(17)21(26)25-19(22(27)28)13-14-9-11-15(12-10-14)29-20-8-4-3-7-18(20)24/h1-13H,(H,25,26)(H,27,28)/b19-13+. The van der Waals surface area contributed by atoms with Crippen molar-refractivity contribution in [3.63, 3.8) is 0 Å². The quantitative estimate of drug-likeness (QED) is 0.364. The number of carboxylic acid groups (broad SMARTS) is 1. The van der Waals surface area contributed by atoms with E-state index in [2.05, 4.69) is 27.9 Å². The highest BCUT2D eigenvalue weighted by Gasteiger charge is 2.16. The molecular weight excluding hydrogens is 488 g/mol. The van der Waals surface area contributed by atoms with E-state index in [4.69, 9.17) is 4.74 Å². The van der Waals surface area contributed by atoms with Gasteiger partial charge in [0, 0.05) is 0 Å². The van der Waals surface area contributed by atoms with Crippen LogP contribution in [0, 0.1) is 9.39 Å². The van der Waals surface area contributed by atoms with E-state index in [-0.39, 0.29) is 11.3 Å². The van der Waals surface area contributed by atoms with Crippen molar-refractivity contribution in [3.8, 4) is 11.5 Å². The van der Waals surface area contributed by atoms with Crippen LogP contribution >= 0.6 is 22.6 Å². The first-order valence-electron chi connectivity index (χ1n) is 8.47. The maximum absolute atomic E-state index is 13.7. The predicted octanol–water partition coefficient (Wildman–Crippen LogP) is 5.08. The SMILES string of the molecule is O=C(O)/C(=C\c1ccc(Oc2ccccc2I)cc1)NC(=O)c1ccccc1F. The molecule has 0 bridgehead atoms. The van der Waals surface area contributed by atoms with Crippen molar-refractivity contribution in [2.24, 2.45) is 0 Å². The van der Waals surface area contributed by atoms with Crippen molar-refractivity contribution >= 4 is 40.5 Å². The van der Waals surface area contributed by atoms with Gasteiger partial charge >= 0.3 is 5.97 Å². The Balaban J connectivity index is 1.77. The van der Waals surface area contributed by atoms with Gasteiger partial charge in [-0.3, -0.25) is 4.79 Å². The van der Waals surface area contributed by atoms with Gasteiger partial charge in [-0.15, -0.1) is 0 Å². The Kier molecular flexibility index (Phi) is 6.61. The molecule has 3 rings (SSSR count). The highest BCUT2D eigenvalue weighted by Crippen LogP contribution is 2.26. The number of para-hydroxylation sites is 1. The Morgan fingerprint density at radius 1 is 0.966 bits per heavy atom. The van der Waals surface area contributed by atoms with Gasteiger partial charge in [0.1, 0.15) is 23.0 Å². The Labute approximate surface area is 180 Å². The van der Waals surface area contributed by atoms with E-state index >= 15 is 0 Å².